The fraction of sp³-hybridized carbons (Fsp3) is 0.280. The van der Waals surface area contributed by atoms with Crippen molar-refractivity contribution in [3.05, 3.63) is 75.7 Å². The van der Waals surface area contributed by atoms with Crippen molar-refractivity contribution in [3.63, 3.8) is 0 Å². The molecular weight excluding hydrogens is 436 g/mol. The number of nitrogens with one attached hydrogen (secondary N) is 1. The first-order valence-electron chi connectivity index (χ1n) is 10.7. The highest BCUT2D eigenvalue weighted by atomic mass is 35.5. The van der Waals surface area contributed by atoms with Gasteiger partial charge in [0.25, 0.3) is 5.91 Å². The molecule has 7 nitrogen and oxygen atoms in total. The molecule has 4 rings (SSSR count). The van der Waals surface area contributed by atoms with Crippen LogP contribution >= 0.6 is 11.6 Å². The SMILES string of the molecule is [C-]#[N+]c1ccc(CN2C[C@H](C)n3nc(-c4c(CC#N)cc(Cl)cc4NCC)cc3C2=O)cc1. The van der Waals surface area contributed by atoms with Crippen LogP contribution < -0.4 is 5.32 Å². The molecule has 0 fully saturated rings. The standard InChI is InChI=1S/C25H23ClN6O/c1-4-29-21-12-19(26)11-18(9-10-27)24(21)22-13-23-25(33)31(14-16(2)32(23)30-22)15-17-5-7-20(28-3)8-6-17/h5-8,11-13,16,29H,4,9,14-15H2,1-2H3/t16-/m0/s1. The van der Waals surface area contributed by atoms with Crippen LogP contribution in [0.3, 0.4) is 0 Å². The third kappa shape index (κ3) is 4.41. The maximum Gasteiger partial charge on any atom is 0.272 e. The summed E-state index contributed by atoms with van der Waals surface area (Å²) < 4.78 is 1.77. The van der Waals surface area contributed by atoms with Crippen molar-refractivity contribution >= 4 is 28.9 Å². The van der Waals surface area contributed by atoms with E-state index in [0.29, 0.717) is 41.7 Å². The number of carbonyl (C=O) groups is 1. The molecule has 1 aliphatic rings. The Morgan fingerprint density at radius 2 is 2.06 bits per heavy atom. The van der Waals surface area contributed by atoms with Crippen LogP contribution in [0, 0.1) is 17.9 Å². The number of anilines is 1. The van der Waals surface area contributed by atoms with E-state index in [0.717, 1.165) is 22.4 Å². The molecular formula is C25H23ClN6O. The molecule has 0 saturated carbocycles. The van der Waals surface area contributed by atoms with Gasteiger partial charge in [-0.2, -0.15) is 10.4 Å². The Bertz CT molecular complexity index is 1280. The van der Waals surface area contributed by atoms with E-state index in [2.05, 4.69) is 16.2 Å². The normalized spacial score (nSPS) is 15.0. The van der Waals surface area contributed by atoms with E-state index in [9.17, 15) is 10.1 Å². The van der Waals surface area contributed by atoms with E-state index in [4.69, 9.17) is 23.3 Å². The molecule has 2 aromatic carbocycles. The summed E-state index contributed by atoms with van der Waals surface area (Å²) in [5, 5.41) is 18.0. The zero-order valence-corrected chi connectivity index (χ0v) is 19.2. The lowest BCUT2D eigenvalue weighted by Crippen LogP contribution is -2.41. The lowest BCUT2D eigenvalue weighted by Gasteiger charge is -2.31. The van der Waals surface area contributed by atoms with Crippen LogP contribution in [-0.2, 0) is 13.0 Å². The van der Waals surface area contributed by atoms with Crippen molar-refractivity contribution in [2.45, 2.75) is 32.9 Å². The zero-order chi connectivity index (χ0) is 23.5. The van der Waals surface area contributed by atoms with E-state index >= 15 is 0 Å². The summed E-state index contributed by atoms with van der Waals surface area (Å²) in [7, 11) is 0. The number of nitrogens with zero attached hydrogens (tertiary/aromatic N) is 5. The monoisotopic (exact) mass is 458 g/mol. The van der Waals surface area contributed by atoms with Gasteiger partial charge in [0.1, 0.15) is 5.69 Å². The van der Waals surface area contributed by atoms with Crippen LogP contribution in [0.1, 0.15) is 41.5 Å². The minimum absolute atomic E-state index is 0.0109. The number of hydrogen-bond acceptors (Lipinski definition) is 4. The van der Waals surface area contributed by atoms with E-state index in [1.165, 1.54) is 0 Å². The maximum absolute atomic E-state index is 13.3. The van der Waals surface area contributed by atoms with Gasteiger partial charge in [0.15, 0.2) is 5.69 Å². The van der Waals surface area contributed by atoms with Crippen molar-refractivity contribution in [1.29, 1.82) is 5.26 Å². The van der Waals surface area contributed by atoms with Crippen molar-refractivity contribution in [1.82, 2.24) is 14.7 Å². The Hall–Kier alpha value is -3.81. The second kappa shape index (κ2) is 9.36. The van der Waals surface area contributed by atoms with Crippen LogP contribution in [-0.4, -0.2) is 33.7 Å². The number of halogens is 1. The molecule has 1 aromatic heterocycles. The molecule has 1 aliphatic heterocycles. The third-order valence-electron chi connectivity index (χ3n) is 5.66. The van der Waals surface area contributed by atoms with E-state index in [1.54, 1.807) is 28.9 Å². The molecule has 1 amide bonds. The number of hydrogen-bond donors (Lipinski definition) is 1. The van der Waals surface area contributed by atoms with Crippen LogP contribution in [0.25, 0.3) is 16.1 Å². The summed E-state index contributed by atoms with van der Waals surface area (Å²) in [4.78, 5) is 18.6. The first kappa shape index (κ1) is 22.4. The number of carbonyl (C=O) groups excluding carboxylic acids is 1. The van der Waals surface area contributed by atoms with Crippen molar-refractivity contribution < 1.29 is 4.79 Å². The van der Waals surface area contributed by atoms with Crippen LogP contribution in [0.15, 0.2) is 42.5 Å². The third-order valence-corrected chi connectivity index (χ3v) is 5.88. The van der Waals surface area contributed by atoms with Gasteiger partial charge < -0.3 is 10.2 Å². The number of rotatable bonds is 6. The summed E-state index contributed by atoms with van der Waals surface area (Å²) in [5.74, 6) is -0.0955. The molecule has 33 heavy (non-hydrogen) atoms. The summed E-state index contributed by atoms with van der Waals surface area (Å²) in [6.07, 6.45) is 0.187. The lowest BCUT2D eigenvalue weighted by atomic mass is 9.99. The predicted molar refractivity (Wildman–Crippen MR) is 128 cm³/mol. The second-order valence-corrected chi connectivity index (χ2v) is 8.46. The van der Waals surface area contributed by atoms with E-state index in [1.807, 2.05) is 36.9 Å². The second-order valence-electron chi connectivity index (χ2n) is 8.03. The Balaban J connectivity index is 1.71. The molecule has 8 heteroatoms. The molecule has 0 radical (unpaired) electrons. The summed E-state index contributed by atoms with van der Waals surface area (Å²) in [6, 6.07) is 14.9. The Morgan fingerprint density at radius 1 is 1.30 bits per heavy atom. The van der Waals surface area contributed by atoms with Gasteiger partial charge in [0, 0.05) is 35.9 Å². The number of fused-ring (bicyclic) bond motifs is 1. The Morgan fingerprint density at radius 3 is 2.73 bits per heavy atom. The highest BCUT2D eigenvalue weighted by molar-refractivity contribution is 6.31. The molecule has 0 unspecified atom stereocenters. The molecule has 0 aliphatic carbocycles. The number of nitriles is 1. The number of amides is 1. The van der Waals surface area contributed by atoms with Gasteiger partial charge in [-0.15, -0.1) is 0 Å². The zero-order valence-electron chi connectivity index (χ0n) is 18.5. The topological polar surface area (TPSA) is 78.3 Å². The smallest absolute Gasteiger partial charge is 0.272 e. The van der Waals surface area contributed by atoms with Gasteiger partial charge in [-0.25, -0.2) is 4.85 Å². The molecule has 0 bridgehead atoms. The molecule has 0 saturated heterocycles. The van der Waals surface area contributed by atoms with E-state index < -0.39 is 0 Å². The molecule has 166 valence electrons. The largest absolute Gasteiger partial charge is 0.385 e. The summed E-state index contributed by atoms with van der Waals surface area (Å²) in [6.45, 7) is 12.8. The van der Waals surface area contributed by atoms with Crippen LogP contribution in [0.2, 0.25) is 5.02 Å². The van der Waals surface area contributed by atoms with Crippen molar-refractivity contribution in [2.75, 3.05) is 18.4 Å². The summed E-state index contributed by atoms with van der Waals surface area (Å²) in [5.41, 5.74) is 5.07. The minimum Gasteiger partial charge on any atom is -0.385 e. The average molecular weight is 459 g/mol. The number of benzene rings is 2. The van der Waals surface area contributed by atoms with Gasteiger partial charge in [0.2, 0.25) is 0 Å². The van der Waals surface area contributed by atoms with Crippen LogP contribution in [0.4, 0.5) is 11.4 Å². The van der Waals surface area contributed by atoms with Gasteiger partial charge >= 0.3 is 0 Å². The molecule has 0 spiro atoms. The fourth-order valence-electron chi connectivity index (χ4n) is 4.21. The fourth-order valence-corrected chi connectivity index (χ4v) is 4.45. The highest BCUT2D eigenvalue weighted by Crippen LogP contribution is 2.36. The maximum atomic E-state index is 13.3. The van der Waals surface area contributed by atoms with Crippen LogP contribution in [0.5, 0.6) is 0 Å². The molecule has 3 aromatic rings. The predicted octanol–water partition coefficient (Wildman–Crippen LogP) is 5.47. The number of aromatic nitrogens is 2. The molecule has 2 heterocycles. The van der Waals surface area contributed by atoms with Gasteiger partial charge in [-0.1, -0.05) is 35.9 Å². The van der Waals surface area contributed by atoms with Crippen molar-refractivity contribution in [3.8, 4) is 17.3 Å². The minimum atomic E-state index is -0.0955. The summed E-state index contributed by atoms with van der Waals surface area (Å²) >= 11 is 6.29. The average Bonchev–Trinajstić information content (AvgIpc) is 3.24. The first-order chi connectivity index (χ1) is 15.9. The first-order valence-corrected chi connectivity index (χ1v) is 11.1. The van der Waals surface area contributed by atoms with Gasteiger partial charge in [0.05, 0.1) is 30.8 Å². The Kier molecular flexibility index (Phi) is 6.35. The van der Waals surface area contributed by atoms with E-state index in [-0.39, 0.29) is 18.4 Å². The van der Waals surface area contributed by atoms with Crippen molar-refractivity contribution in [2.24, 2.45) is 0 Å². The lowest BCUT2D eigenvalue weighted by molar-refractivity contribution is 0.0651. The van der Waals surface area contributed by atoms with Gasteiger partial charge in [-0.3, -0.25) is 9.48 Å². The molecule has 1 atom stereocenters. The molecule has 1 N–H and O–H groups in total. The highest BCUT2D eigenvalue weighted by Gasteiger charge is 2.31. The van der Waals surface area contributed by atoms with Gasteiger partial charge in [-0.05, 0) is 43.2 Å². The Labute approximate surface area is 198 Å². The quantitative estimate of drug-likeness (QED) is 0.497.